The summed E-state index contributed by atoms with van der Waals surface area (Å²) in [4.78, 5) is 36.9. The fraction of sp³-hybridized carbons (Fsp3) is 0.833. The topological polar surface area (TPSA) is 69.7 Å². The number of carbonyl (C=O) groups excluding carboxylic acids is 3. The van der Waals surface area contributed by atoms with Crippen molar-refractivity contribution in [3.8, 4) is 0 Å². The summed E-state index contributed by atoms with van der Waals surface area (Å²) in [6.45, 7) is 11.2. The molecule has 130 valence electrons. The molecular weight excluding hydrogens is 296 g/mol. The zero-order chi connectivity index (χ0) is 17.6. The third kappa shape index (κ3) is 3.43. The Labute approximate surface area is 138 Å². The first kappa shape index (κ1) is 18.0. The number of ether oxygens (including phenoxy) is 2. The lowest BCUT2D eigenvalue weighted by molar-refractivity contribution is -0.146. The van der Waals surface area contributed by atoms with Crippen LogP contribution < -0.4 is 0 Å². The molecule has 0 bridgehead atoms. The molecule has 2 fully saturated rings. The molecular formula is C18H28O5. The second-order valence-corrected chi connectivity index (χ2v) is 8.41. The summed E-state index contributed by atoms with van der Waals surface area (Å²) in [7, 11) is 0. The van der Waals surface area contributed by atoms with E-state index in [-0.39, 0.29) is 28.8 Å². The first-order valence-electron chi connectivity index (χ1n) is 8.43. The van der Waals surface area contributed by atoms with Crippen LogP contribution >= 0.6 is 0 Å². The van der Waals surface area contributed by atoms with Crippen molar-refractivity contribution < 1.29 is 23.9 Å². The first-order chi connectivity index (χ1) is 10.5. The molecule has 1 aliphatic carbocycles. The van der Waals surface area contributed by atoms with E-state index in [0.717, 1.165) is 12.8 Å². The quantitative estimate of drug-likeness (QED) is 0.584. The maximum Gasteiger partial charge on any atom is 0.509 e. The monoisotopic (exact) mass is 324 g/mol. The average Bonchev–Trinajstić information content (AvgIpc) is 2.65. The fourth-order valence-electron chi connectivity index (χ4n) is 3.70. The van der Waals surface area contributed by atoms with E-state index >= 15 is 0 Å². The fourth-order valence-corrected chi connectivity index (χ4v) is 3.70. The maximum absolute atomic E-state index is 13.0. The highest BCUT2D eigenvalue weighted by atomic mass is 16.8. The molecule has 5 nitrogen and oxygen atoms in total. The van der Waals surface area contributed by atoms with Crippen LogP contribution in [-0.2, 0) is 19.1 Å². The van der Waals surface area contributed by atoms with Crippen LogP contribution in [0.2, 0.25) is 0 Å². The minimum absolute atomic E-state index is 0.00120. The molecule has 1 saturated carbocycles. The lowest BCUT2D eigenvalue weighted by Crippen LogP contribution is -2.48. The molecule has 2 aliphatic rings. The van der Waals surface area contributed by atoms with Gasteiger partial charge in [0.25, 0.3) is 0 Å². The van der Waals surface area contributed by atoms with E-state index in [4.69, 9.17) is 9.47 Å². The standard InChI is InChI=1S/C18H28O5/c1-10(2)14(19)13-15(20)11(7-8-17(13,3)4)9-12-18(5,6)23-16(21)22-12/h10-13H,7-9H2,1-6H3/t11-,12-,13-/m0/s1. The Morgan fingerprint density at radius 1 is 1.22 bits per heavy atom. The Hall–Kier alpha value is -1.39. The largest absolute Gasteiger partial charge is 0.509 e. The highest BCUT2D eigenvalue weighted by Crippen LogP contribution is 2.45. The second kappa shape index (κ2) is 5.91. The van der Waals surface area contributed by atoms with Crippen LogP contribution in [0.15, 0.2) is 0 Å². The van der Waals surface area contributed by atoms with Crippen LogP contribution in [0.25, 0.3) is 0 Å². The summed E-state index contributed by atoms with van der Waals surface area (Å²) in [5, 5.41) is 0. The molecule has 23 heavy (non-hydrogen) atoms. The van der Waals surface area contributed by atoms with Crippen molar-refractivity contribution in [2.24, 2.45) is 23.2 Å². The van der Waals surface area contributed by atoms with Crippen molar-refractivity contribution in [1.29, 1.82) is 0 Å². The molecule has 0 aromatic heterocycles. The molecule has 2 rings (SSSR count). The lowest BCUT2D eigenvalue weighted by Gasteiger charge is -2.41. The molecule has 1 aliphatic heterocycles. The summed E-state index contributed by atoms with van der Waals surface area (Å²) < 4.78 is 10.4. The van der Waals surface area contributed by atoms with Crippen molar-refractivity contribution in [2.75, 3.05) is 0 Å². The molecule has 1 heterocycles. The van der Waals surface area contributed by atoms with Crippen molar-refractivity contribution in [3.63, 3.8) is 0 Å². The molecule has 0 N–H and O–H groups in total. The van der Waals surface area contributed by atoms with Gasteiger partial charge < -0.3 is 9.47 Å². The molecule has 0 aromatic rings. The number of hydrogen-bond acceptors (Lipinski definition) is 5. The van der Waals surface area contributed by atoms with Crippen LogP contribution in [0.1, 0.15) is 60.8 Å². The number of hydrogen-bond donors (Lipinski definition) is 0. The van der Waals surface area contributed by atoms with Crippen LogP contribution in [0, 0.1) is 23.2 Å². The maximum atomic E-state index is 13.0. The highest BCUT2D eigenvalue weighted by molar-refractivity contribution is 6.05. The average molecular weight is 324 g/mol. The van der Waals surface area contributed by atoms with Crippen molar-refractivity contribution in [1.82, 2.24) is 0 Å². The zero-order valence-corrected chi connectivity index (χ0v) is 15.0. The van der Waals surface area contributed by atoms with Crippen LogP contribution in [0.5, 0.6) is 0 Å². The minimum atomic E-state index is -0.734. The van der Waals surface area contributed by atoms with Gasteiger partial charge in [0, 0.05) is 11.8 Å². The number of Topliss-reactive ketones (excluding diaryl/α,β-unsaturated/α-hetero) is 2. The van der Waals surface area contributed by atoms with Gasteiger partial charge in [-0.3, -0.25) is 9.59 Å². The van der Waals surface area contributed by atoms with Crippen molar-refractivity contribution in [3.05, 3.63) is 0 Å². The molecule has 5 heteroatoms. The summed E-state index contributed by atoms with van der Waals surface area (Å²) in [5.74, 6) is -0.967. The predicted molar refractivity (Wildman–Crippen MR) is 84.9 cm³/mol. The number of cyclic esters (lactones) is 2. The van der Waals surface area contributed by atoms with Gasteiger partial charge in [-0.1, -0.05) is 27.7 Å². The van der Waals surface area contributed by atoms with Crippen molar-refractivity contribution in [2.45, 2.75) is 72.5 Å². The number of rotatable bonds is 4. The normalized spacial score (nSPS) is 32.6. The SMILES string of the molecule is CC(C)C(=O)[C@H]1C(=O)[C@H](C[C@@H]2OC(=O)OC2(C)C)CCC1(C)C. The third-order valence-corrected chi connectivity index (χ3v) is 5.32. The van der Waals surface area contributed by atoms with Gasteiger partial charge in [0.1, 0.15) is 23.3 Å². The molecule has 1 saturated heterocycles. The number of ketones is 2. The molecule has 3 atom stereocenters. The summed E-state index contributed by atoms with van der Waals surface area (Å²) >= 11 is 0. The van der Waals surface area contributed by atoms with E-state index in [0.29, 0.717) is 6.42 Å². The van der Waals surface area contributed by atoms with Gasteiger partial charge in [-0.05, 0) is 38.5 Å². The molecule has 0 aromatic carbocycles. The Bertz CT molecular complexity index is 518. The molecule has 0 unspecified atom stereocenters. The summed E-state index contributed by atoms with van der Waals surface area (Å²) in [6, 6.07) is 0. The Balaban J connectivity index is 2.17. The van der Waals surface area contributed by atoms with E-state index in [1.54, 1.807) is 13.8 Å². The van der Waals surface area contributed by atoms with Gasteiger partial charge in [-0.2, -0.15) is 0 Å². The van der Waals surface area contributed by atoms with Gasteiger partial charge in [0.15, 0.2) is 0 Å². The Morgan fingerprint density at radius 3 is 2.30 bits per heavy atom. The van der Waals surface area contributed by atoms with E-state index in [1.807, 2.05) is 27.7 Å². The van der Waals surface area contributed by atoms with Gasteiger partial charge in [0.05, 0.1) is 5.92 Å². The lowest BCUT2D eigenvalue weighted by atomic mass is 9.61. The summed E-state index contributed by atoms with van der Waals surface area (Å²) in [6.07, 6.45) is 0.834. The Morgan fingerprint density at radius 2 is 1.83 bits per heavy atom. The minimum Gasteiger partial charge on any atom is -0.427 e. The summed E-state index contributed by atoms with van der Waals surface area (Å²) in [5.41, 5.74) is -1.05. The second-order valence-electron chi connectivity index (χ2n) is 8.41. The van der Waals surface area contributed by atoms with Gasteiger partial charge >= 0.3 is 6.16 Å². The van der Waals surface area contributed by atoms with Crippen LogP contribution in [-0.4, -0.2) is 29.4 Å². The highest BCUT2D eigenvalue weighted by Gasteiger charge is 2.51. The van der Waals surface area contributed by atoms with Crippen molar-refractivity contribution >= 4 is 17.7 Å². The van der Waals surface area contributed by atoms with Gasteiger partial charge in [-0.15, -0.1) is 0 Å². The number of carbonyl (C=O) groups is 3. The zero-order valence-electron chi connectivity index (χ0n) is 15.0. The molecule has 0 radical (unpaired) electrons. The first-order valence-corrected chi connectivity index (χ1v) is 8.43. The molecule has 0 amide bonds. The van der Waals surface area contributed by atoms with E-state index in [9.17, 15) is 14.4 Å². The van der Waals surface area contributed by atoms with Crippen LogP contribution in [0.3, 0.4) is 0 Å². The van der Waals surface area contributed by atoms with Gasteiger partial charge in [-0.25, -0.2) is 4.79 Å². The van der Waals surface area contributed by atoms with E-state index in [2.05, 4.69) is 0 Å². The van der Waals surface area contributed by atoms with E-state index < -0.39 is 23.8 Å². The van der Waals surface area contributed by atoms with E-state index in [1.165, 1.54) is 0 Å². The Kier molecular flexibility index (Phi) is 4.62. The third-order valence-electron chi connectivity index (χ3n) is 5.32. The smallest absolute Gasteiger partial charge is 0.427 e. The van der Waals surface area contributed by atoms with Crippen LogP contribution in [0.4, 0.5) is 4.79 Å². The molecule has 0 spiro atoms. The predicted octanol–water partition coefficient (Wildman–Crippen LogP) is 3.54. The van der Waals surface area contributed by atoms with Gasteiger partial charge in [0.2, 0.25) is 0 Å².